The first kappa shape index (κ1) is 20.6. The minimum atomic E-state index is -0.124. The molecule has 5 heteroatoms. The van der Waals surface area contributed by atoms with Crippen LogP contribution in [0, 0.1) is 0 Å². The van der Waals surface area contributed by atoms with Crippen molar-refractivity contribution in [2.24, 2.45) is 0 Å². The summed E-state index contributed by atoms with van der Waals surface area (Å²) in [6.07, 6.45) is 0. The van der Waals surface area contributed by atoms with Crippen molar-refractivity contribution in [1.82, 2.24) is 0 Å². The topological polar surface area (TPSA) is 48.0 Å². The highest BCUT2D eigenvalue weighted by atomic mass is 16.7. The van der Waals surface area contributed by atoms with Gasteiger partial charge in [0, 0.05) is 11.3 Å². The summed E-state index contributed by atoms with van der Waals surface area (Å²) in [5.74, 6) is 1.84. The molecule has 33 heavy (non-hydrogen) atoms. The van der Waals surface area contributed by atoms with Crippen LogP contribution in [0.2, 0.25) is 0 Å². The van der Waals surface area contributed by atoms with Crippen LogP contribution in [-0.4, -0.2) is 19.8 Å². The SMILES string of the molecule is COc1ccc(N(Cc2ccccc2-c2ccccc2)C(=O)c2ccc3c(c2)OCO3)cc1. The molecule has 0 unspecified atom stereocenters. The summed E-state index contributed by atoms with van der Waals surface area (Å²) < 4.78 is 16.2. The minimum Gasteiger partial charge on any atom is -0.497 e. The highest BCUT2D eigenvalue weighted by Crippen LogP contribution is 2.34. The van der Waals surface area contributed by atoms with Gasteiger partial charge in [0.2, 0.25) is 6.79 Å². The molecule has 0 aromatic heterocycles. The summed E-state index contributed by atoms with van der Waals surface area (Å²) in [7, 11) is 1.63. The number of rotatable bonds is 6. The lowest BCUT2D eigenvalue weighted by molar-refractivity contribution is 0.0984. The van der Waals surface area contributed by atoms with Gasteiger partial charge in [-0.2, -0.15) is 0 Å². The summed E-state index contributed by atoms with van der Waals surface area (Å²) in [4.78, 5) is 15.5. The van der Waals surface area contributed by atoms with Crippen LogP contribution in [0.25, 0.3) is 11.1 Å². The van der Waals surface area contributed by atoms with E-state index in [0.29, 0.717) is 23.6 Å². The maximum absolute atomic E-state index is 13.8. The maximum Gasteiger partial charge on any atom is 0.258 e. The van der Waals surface area contributed by atoms with Gasteiger partial charge in [-0.1, -0.05) is 54.6 Å². The number of anilines is 1. The van der Waals surface area contributed by atoms with E-state index >= 15 is 0 Å². The number of methoxy groups -OCH3 is 1. The van der Waals surface area contributed by atoms with Crippen LogP contribution in [0.1, 0.15) is 15.9 Å². The molecule has 5 rings (SSSR count). The minimum absolute atomic E-state index is 0.124. The Hall–Kier alpha value is -4.25. The molecule has 4 aromatic rings. The van der Waals surface area contributed by atoms with Gasteiger partial charge < -0.3 is 19.1 Å². The number of nitrogens with zero attached hydrogens (tertiary/aromatic N) is 1. The monoisotopic (exact) mass is 437 g/mol. The van der Waals surface area contributed by atoms with E-state index in [1.807, 2.05) is 54.6 Å². The molecule has 4 aromatic carbocycles. The molecule has 0 bridgehead atoms. The summed E-state index contributed by atoms with van der Waals surface area (Å²) in [5, 5.41) is 0. The Labute approximate surface area is 192 Å². The molecule has 164 valence electrons. The zero-order chi connectivity index (χ0) is 22.6. The molecule has 1 aliphatic heterocycles. The van der Waals surface area contributed by atoms with Crippen molar-refractivity contribution >= 4 is 11.6 Å². The van der Waals surface area contributed by atoms with E-state index in [0.717, 1.165) is 28.1 Å². The third-order valence-electron chi connectivity index (χ3n) is 5.68. The molecule has 1 aliphatic rings. The van der Waals surface area contributed by atoms with E-state index in [1.165, 1.54) is 0 Å². The number of fused-ring (bicyclic) bond motifs is 1. The number of carbonyl (C=O) groups is 1. The molecule has 0 N–H and O–H groups in total. The second-order valence-corrected chi connectivity index (χ2v) is 7.68. The normalized spacial score (nSPS) is 11.8. The van der Waals surface area contributed by atoms with Crippen LogP contribution in [0.3, 0.4) is 0 Å². The van der Waals surface area contributed by atoms with Gasteiger partial charge in [-0.25, -0.2) is 0 Å². The summed E-state index contributed by atoms with van der Waals surface area (Å²) in [6, 6.07) is 31.2. The fourth-order valence-corrected chi connectivity index (χ4v) is 3.96. The van der Waals surface area contributed by atoms with E-state index in [-0.39, 0.29) is 12.7 Å². The Balaban J connectivity index is 1.54. The summed E-state index contributed by atoms with van der Waals surface area (Å²) in [5.41, 5.74) is 4.57. The van der Waals surface area contributed by atoms with Gasteiger partial charge in [0.05, 0.1) is 13.7 Å². The van der Waals surface area contributed by atoms with Gasteiger partial charge in [0.15, 0.2) is 11.5 Å². The lowest BCUT2D eigenvalue weighted by Gasteiger charge is -2.25. The smallest absolute Gasteiger partial charge is 0.258 e. The molecule has 0 fully saturated rings. The van der Waals surface area contributed by atoms with Gasteiger partial charge in [0.1, 0.15) is 5.75 Å². The fourth-order valence-electron chi connectivity index (χ4n) is 3.96. The quantitative estimate of drug-likeness (QED) is 0.375. The zero-order valence-corrected chi connectivity index (χ0v) is 18.2. The molecule has 0 aliphatic carbocycles. The van der Waals surface area contributed by atoms with E-state index in [1.54, 1.807) is 30.2 Å². The third-order valence-corrected chi connectivity index (χ3v) is 5.68. The largest absolute Gasteiger partial charge is 0.497 e. The van der Waals surface area contributed by atoms with Gasteiger partial charge in [-0.3, -0.25) is 4.79 Å². The van der Waals surface area contributed by atoms with Gasteiger partial charge in [-0.15, -0.1) is 0 Å². The Morgan fingerprint density at radius 1 is 0.848 bits per heavy atom. The summed E-state index contributed by atoms with van der Waals surface area (Å²) >= 11 is 0. The Kier molecular flexibility index (Phi) is 5.68. The fraction of sp³-hybridized carbons (Fsp3) is 0.107. The van der Waals surface area contributed by atoms with Crippen molar-refractivity contribution < 1.29 is 19.0 Å². The first-order valence-electron chi connectivity index (χ1n) is 10.7. The Morgan fingerprint density at radius 2 is 1.58 bits per heavy atom. The average Bonchev–Trinajstić information content (AvgIpc) is 3.36. The van der Waals surface area contributed by atoms with Gasteiger partial charge >= 0.3 is 0 Å². The van der Waals surface area contributed by atoms with Crippen LogP contribution < -0.4 is 19.1 Å². The predicted octanol–water partition coefficient (Wildman–Crippen LogP) is 5.94. The Morgan fingerprint density at radius 3 is 2.36 bits per heavy atom. The van der Waals surface area contributed by atoms with Gasteiger partial charge in [-0.05, 0) is 59.2 Å². The van der Waals surface area contributed by atoms with Crippen LogP contribution in [0.5, 0.6) is 17.2 Å². The number of amides is 1. The molecule has 1 amide bonds. The lowest BCUT2D eigenvalue weighted by atomic mass is 9.99. The molecular formula is C28H23NO4. The molecule has 0 spiro atoms. The number of carbonyl (C=O) groups excluding carboxylic acids is 1. The highest BCUT2D eigenvalue weighted by molar-refractivity contribution is 6.06. The molecule has 0 radical (unpaired) electrons. The molecule has 5 nitrogen and oxygen atoms in total. The van der Waals surface area contributed by atoms with Crippen molar-refractivity contribution in [3.63, 3.8) is 0 Å². The van der Waals surface area contributed by atoms with Crippen molar-refractivity contribution in [3.8, 4) is 28.4 Å². The molecule has 0 saturated carbocycles. The van der Waals surface area contributed by atoms with Crippen LogP contribution in [-0.2, 0) is 6.54 Å². The van der Waals surface area contributed by atoms with Crippen LogP contribution in [0.4, 0.5) is 5.69 Å². The van der Waals surface area contributed by atoms with Crippen molar-refractivity contribution in [3.05, 3.63) is 108 Å². The van der Waals surface area contributed by atoms with Crippen molar-refractivity contribution in [2.75, 3.05) is 18.8 Å². The first-order chi connectivity index (χ1) is 16.2. The van der Waals surface area contributed by atoms with Crippen LogP contribution in [0.15, 0.2) is 97.1 Å². The number of benzene rings is 4. The van der Waals surface area contributed by atoms with Crippen molar-refractivity contribution in [2.45, 2.75) is 6.54 Å². The zero-order valence-electron chi connectivity index (χ0n) is 18.2. The lowest BCUT2D eigenvalue weighted by Crippen LogP contribution is -2.30. The van der Waals surface area contributed by atoms with Crippen molar-refractivity contribution in [1.29, 1.82) is 0 Å². The van der Waals surface area contributed by atoms with Crippen LogP contribution >= 0.6 is 0 Å². The predicted molar refractivity (Wildman–Crippen MR) is 128 cm³/mol. The third kappa shape index (κ3) is 4.26. The first-order valence-corrected chi connectivity index (χ1v) is 10.7. The van der Waals surface area contributed by atoms with E-state index < -0.39 is 0 Å². The summed E-state index contributed by atoms with van der Waals surface area (Å²) in [6.45, 7) is 0.574. The number of hydrogen-bond donors (Lipinski definition) is 0. The second-order valence-electron chi connectivity index (χ2n) is 7.68. The maximum atomic E-state index is 13.8. The number of hydrogen-bond acceptors (Lipinski definition) is 4. The molecule has 1 heterocycles. The van der Waals surface area contributed by atoms with Gasteiger partial charge in [0.25, 0.3) is 5.91 Å². The highest BCUT2D eigenvalue weighted by Gasteiger charge is 2.23. The van der Waals surface area contributed by atoms with E-state index in [9.17, 15) is 4.79 Å². The standard InChI is InChI=1S/C28H23NO4/c1-31-24-14-12-23(13-15-24)29(28(30)21-11-16-26-27(17-21)33-19-32-26)18-22-9-5-6-10-25(22)20-7-3-2-4-8-20/h2-17H,18-19H2,1H3. The Bertz CT molecular complexity index is 1270. The van der Waals surface area contributed by atoms with E-state index in [2.05, 4.69) is 24.3 Å². The molecular weight excluding hydrogens is 414 g/mol. The molecule has 0 saturated heterocycles. The second kappa shape index (κ2) is 9.09. The number of ether oxygens (including phenoxy) is 3. The molecule has 0 atom stereocenters. The average molecular weight is 437 g/mol. The van der Waals surface area contributed by atoms with E-state index in [4.69, 9.17) is 14.2 Å².